The van der Waals surface area contributed by atoms with Crippen LogP contribution in [0.15, 0.2) is 48.5 Å². The standard InChI is InChI=1S/C32H29ClF2N4O3/c1-32(24-7-6-21(33)15-25(24)34)41-27-4-2-3-23(31(27)42-32)19-9-12-38(13-10-19)18-28-37-30-26(8-5-20(16-36)29(30)35)39(28)17-22-11-14-40-22/h2-8,15,19,22H,9-14,17-18H2,1H3/t22-,32-/m0/s1. The lowest BCUT2D eigenvalue weighted by atomic mass is 9.88. The largest absolute Gasteiger partial charge is 0.444 e. The van der Waals surface area contributed by atoms with E-state index in [-0.39, 0.29) is 28.7 Å². The number of hydrogen-bond donors (Lipinski definition) is 0. The summed E-state index contributed by atoms with van der Waals surface area (Å²) in [5.74, 6) is -0.102. The van der Waals surface area contributed by atoms with Gasteiger partial charge >= 0.3 is 0 Å². The maximum atomic E-state index is 15.0. The van der Waals surface area contributed by atoms with E-state index < -0.39 is 17.4 Å². The predicted molar refractivity (Wildman–Crippen MR) is 152 cm³/mol. The van der Waals surface area contributed by atoms with Crippen LogP contribution in [0.1, 0.15) is 54.6 Å². The second-order valence-electron chi connectivity index (χ2n) is 11.3. The van der Waals surface area contributed by atoms with Crippen LogP contribution in [0.3, 0.4) is 0 Å². The summed E-state index contributed by atoms with van der Waals surface area (Å²) in [4.78, 5) is 7.00. The number of nitrogens with zero attached hydrogens (tertiary/aromatic N) is 4. The summed E-state index contributed by atoms with van der Waals surface area (Å²) in [6.45, 7) is 5.25. The van der Waals surface area contributed by atoms with Gasteiger partial charge in [0.15, 0.2) is 17.3 Å². The fraction of sp³-hybridized carbons (Fsp3) is 0.375. The second-order valence-corrected chi connectivity index (χ2v) is 11.8. The molecule has 2 fully saturated rings. The highest BCUT2D eigenvalue weighted by Gasteiger charge is 2.43. The topological polar surface area (TPSA) is 72.5 Å². The first-order valence-corrected chi connectivity index (χ1v) is 14.6. The summed E-state index contributed by atoms with van der Waals surface area (Å²) in [7, 11) is 0. The van der Waals surface area contributed by atoms with Gasteiger partial charge in [-0.1, -0.05) is 23.7 Å². The van der Waals surface area contributed by atoms with Gasteiger partial charge in [-0.25, -0.2) is 13.8 Å². The molecule has 0 spiro atoms. The lowest BCUT2D eigenvalue weighted by Gasteiger charge is -2.33. The third-order valence-corrected chi connectivity index (χ3v) is 8.90. The van der Waals surface area contributed by atoms with Gasteiger partial charge < -0.3 is 18.8 Å². The predicted octanol–water partition coefficient (Wildman–Crippen LogP) is 6.65. The van der Waals surface area contributed by atoms with E-state index in [1.54, 1.807) is 25.1 Å². The molecule has 0 amide bonds. The number of nitriles is 1. The third-order valence-electron chi connectivity index (χ3n) is 8.66. The smallest absolute Gasteiger partial charge is 0.278 e. The maximum absolute atomic E-state index is 15.0. The quantitative estimate of drug-likeness (QED) is 0.250. The summed E-state index contributed by atoms with van der Waals surface area (Å²) in [5, 5.41) is 9.61. The fourth-order valence-electron chi connectivity index (χ4n) is 6.29. The molecule has 3 aliphatic rings. The SMILES string of the molecule is C[C@]1(c2ccc(Cl)cc2F)Oc2cccc(C3CCN(Cc4nc5c(F)c(C#N)ccc5n4C[C@@H]4CCO4)CC3)c2O1. The van der Waals surface area contributed by atoms with Gasteiger partial charge in [-0.05, 0) is 74.7 Å². The van der Waals surface area contributed by atoms with Crippen molar-refractivity contribution in [1.82, 2.24) is 14.5 Å². The van der Waals surface area contributed by atoms with Crippen molar-refractivity contribution in [3.63, 3.8) is 0 Å². The van der Waals surface area contributed by atoms with Crippen molar-refractivity contribution in [3.05, 3.63) is 87.7 Å². The van der Waals surface area contributed by atoms with Crippen LogP contribution in [-0.2, 0) is 23.6 Å². The lowest BCUT2D eigenvalue weighted by Crippen LogP contribution is -2.35. The molecule has 7 nitrogen and oxygen atoms in total. The number of halogens is 3. The number of piperidine rings is 1. The highest BCUT2D eigenvalue weighted by Crippen LogP contribution is 2.50. The number of para-hydroxylation sites is 1. The number of fused-ring (bicyclic) bond motifs is 2. The Bertz CT molecular complexity index is 1730. The Morgan fingerprint density at radius 2 is 1.90 bits per heavy atom. The third kappa shape index (κ3) is 4.68. The molecule has 4 aromatic rings. The molecule has 4 heterocycles. The van der Waals surface area contributed by atoms with Gasteiger partial charge in [-0.15, -0.1) is 0 Å². The number of imidazole rings is 1. The van der Waals surface area contributed by atoms with E-state index in [2.05, 4.69) is 16.0 Å². The van der Waals surface area contributed by atoms with Crippen LogP contribution >= 0.6 is 11.6 Å². The van der Waals surface area contributed by atoms with Gasteiger partial charge in [0, 0.05) is 24.1 Å². The second kappa shape index (κ2) is 10.5. The number of rotatable bonds is 6. The van der Waals surface area contributed by atoms with E-state index in [9.17, 15) is 9.65 Å². The minimum atomic E-state index is -1.29. The number of benzene rings is 3. The number of likely N-dealkylation sites (tertiary alicyclic amines) is 1. The van der Waals surface area contributed by atoms with E-state index in [4.69, 9.17) is 25.8 Å². The minimum Gasteiger partial charge on any atom is -0.444 e. The Hall–Kier alpha value is -3.71. The molecule has 0 unspecified atom stereocenters. The van der Waals surface area contributed by atoms with Crippen molar-refractivity contribution in [2.45, 2.75) is 57.1 Å². The zero-order valence-electron chi connectivity index (χ0n) is 23.1. The van der Waals surface area contributed by atoms with Crippen LogP contribution in [-0.4, -0.2) is 40.3 Å². The summed E-state index contributed by atoms with van der Waals surface area (Å²) < 4.78 is 50.0. The normalized spacial score (nSPS) is 22.3. The van der Waals surface area contributed by atoms with Gasteiger partial charge in [0.05, 0.1) is 35.8 Å². The van der Waals surface area contributed by atoms with E-state index in [1.165, 1.54) is 12.1 Å². The molecule has 1 aromatic heterocycles. The average Bonchev–Trinajstić information content (AvgIpc) is 3.48. The fourth-order valence-corrected chi connectivity index (χ4v) is 6.45. The molecule has 216 valence electrons. The van der Waals surface area contributed by atoms with Crippen molar-refractivity contribution in [2.24, 2.45) is 0 Å². The molecule has 0 radical (unpaired) electrons. The Morgan fingerprint density at radius 3 is 2.62 bits per heavy atom. The molecule has 2 atom stereocenters. The van der Waals surface area contributed by atoms with Crippen LogP contribution in [0.4, 0.5) is 8.78 Å². The van der Waals surface area contributed by atoms with Crippen molar-refractivity contribution in [2.75, 3.05) is 19.7 Å². The van der Waals surface area contributed by atoms with Crippen molar-refractivity contribution in [1.29, 1.82) is 5.26 Å². The molecule has 0 aliphatic carbocycles. The van der Waals surface area contributed by atoms with Gasteiger partial charge in [0.2, 0.25) is 0 Å². The molecule has 0 bridgehead atoms. The average molecular weight is 591 g/mol. The first kappa shape index (κ1) is 27.1. The number of hydrogen-bond acceptors (Lipinski definition) is 6. The summed E-state index contributed by atoms with van der Waals surface area (Å²) in [6, 6.07) is 15.5. The summed E-state index contributed by atoms with van der Waals surface area (Å²) >= 11 is 5.96. The highest BCUT2D eigenvalue weighted by atomic mass is 35.5. The molecular formula is C32H29ClF2N4O3. The molecular weight excluding hydrogens is 562 g/mol. The van der Waals surface area contributed by atoms with E-state index in [0.29, 0.717) is 35.1 Å². The Morgan fingerprint density at radius 1 is 1.10 bits per heavy atom. The first-order valence-electron chi connectivity index (χ1n) is 14.2. The van der Waals surface area contributed by atoms with Crippen LogP contribution in [0.25, 0.3) is 11.0 Å². The maximum Gasteiger partial charge on any atom is 0.278 e. The molecule has 7 rings (SSSR count). The Kier molecular flexibility index (Phi) is 6.81. The van der Waals surface area contributed by atoms with Gasteiger partial charge in [-0.3, -0.25) is 4.90 Å². The lowest BCUT2D eigenvalue weighted by molar-refractivity contribution is -0.0712. The van der Waals surface area contributed by atoms with Crippen LogP contribution in [0.5, 0.6) is 11.5 Å². The molecule has 10 heteroatoms. The van der Waals surface area contributed by atoms with E-state index in [1.807, 2.05) is 22.8 Å². The van der Waals surface area contributed by atoms with Gasteiger partial charge in [-0.2, -0.15) is 5.26 Å². The number of ether oxygens (including phenoxy) is 3. The van der Waals surface area contributed by atoms with Gasteiger partial charge in [0.1, 0.15) is 23.2 Å². The highest BCUT2D eigenvalue weighted by molar-refractivity contribution is 6.30. The van der Waals surface area contributed by atoms with Crippen LogP contribution in [0.2, 0.25) is 5.02 Å². The van der Waals surface area contributed by atoms with E-state index in [0.717, 1.165) is 50.3 Å². The Labute approximate surface area is 247 Å². The van der Waals surface area contributed by atoms with Crippen LogP contribution in [0, 0.1) is 23.0 Å². The van der Waals surface area contributed by atoms with Crippen molar-refractivity contribution < 1.29 is 23.0 Å². The van der Waals surface area contributed by atoms with Crippen molar-refractivity contribution >= 4 is 22.6 Å². The zero-order valence-corrected chi connectivity index (χ0v) is 23.8. The van der Waals surface area contributed by atoms with Crippen LogP contribution < -0.4 is 9.47 Å². The monoisotopic (exact) mass is 590 g/mol. The first-order chi connectivity index (χ1) is 20.3. The molecule has 3 aliphatic heterocycles. The molecule has 3 aromatic carbocycles. The number of aromatic nitrogens is 2. The van der Waals surface area contributed by atoms with Gasteiger partial charge in [0.25, 0.3) is 5.79 Å². The van der Waals surface area contributed by atoms with Crippen molar-refractivity contribution in [3.8, 4) is 17.6 Å². The minimum absolute atomic E-state index is 0.00380. The molecule has 42 heavy (non-hydrogen) atoms. The molecule has 2 saturated heterocycles. The van der Waals surface area contributed by atoms with E-state index >= 15 is 4.39 Å². The summed E-state index contributed by atoms with van der Waals surface area (Å²) in [6.07, 6.45) is 2.80. The molecule has 0 N–H and O–H groups in total. The summed E-state index contributed by atoms with van der Waals surface area (Å²) in [5.41, 5.74) is 2.25. The zero-order chi connectivity index (χ0) is 29.0. The molecule has 0 saturated carbocycles. The Balaban J connectivity index is 1.09.